The van der Waals surface area contributed by atoms with E-state index in [1.54, 1.807) is 6.07 Å². The van der Waals surface area contributed by atoms with Crippen molar-refractivity contribution in [1.82, 2.24) is 0 Å². The van der Waals surface area contributed by atoms with Gasteiger partial charge in [0.25, 0.3) is 0 Å². The lowest BCUT2D eigenvalue weighted by atomic mass is 9.85. The minimum atomic E-state index is -4.33. The summed E-state index contributed by atoms with van der Waals surface area (Å²) < 4.78 is 38.8. The monoisotopic (exact) mass is 260 g/mol. The molecule has 0 aliphatic rings. The maximum Gasteiger partial charge on any atom is 0.416 e. The normalized spacial score (nSPS) is 13.9. The molecule has 0 spiro atoms. The van der Waals surface area contributed by atoms with Crippen molar-refractivity contribution in [2.45, 2.75) is 38.8 Å². The number of halogens is 3. The van der Waals surface area contributed by atoms with Crippen LogP contribution in [0.1, 0.15) is 43.7 Å². The van der Waals surface area contributed by atoms with Crippen LogP contribution in [-0.4, -0.2) is 11.7 Å². The third kappa shape index (κ3) is 4.02. The Bertz CT molecular complexity index is 372. The van der Waals surface area contributed by atoms with Crippen molar-refractivity contribution >= 4 is 0 Å². The van der Waals surface area contributed by atoms with Gasteiger partial charge in [-0.1, -0.05) is 32.0 Å². The van der Waals surface area contributed by atoms with Crippen molar-refractivity contribution in [1.29, 1.82) is 0 Å². The predicted molar refractivity (Wildman–Crippen MR) is 65.3 cm³/mol. The highest BCUT2D eigenvalue weighted by Crippen LogP contribution is 2.38. The quantitative estimate of drug-likeness (QED) is 0.840. The Morgan fingerprint density at radius 3 is 2.28 bits per heavy atom. The lowest BCUT2D eigenvalue weighted by Gasteiger charge is -2.22. The summed E-state index contributed by atoms with van der Waals surface area (Å²) in [4.78, 5) is 0. The highest BCUT2D eigenvalue weighted by molar-refractivity contribution is 5.32. The van der Waals surface area contributed by atoms with Crippen LogP contribution in [0.2, 0.25) is 0 Å². The van der Waals surface area contributed by atoms with Gasteiger partial charge in [0.1, 0.15) is 0 Å². The second kappa shape index (κ2) is 6.23. The molecule has 0 radical (unpaired) electrons. The average Bonchev–Trinajstić information content (AvgIpc) is 2.27. The fourth-order valence-corrected chi connectivity index (χ4v) is 2.24. The van der Waals surface area contributed by atoms with E-state index in [2.05, 4.69) is 0 Å². The lowest BCUT2D eigenvalue weighted by Crippen LogP contribution is -2.14. The van der Waals surface area contributed by atoms with Gasteiger partial charge in [-0.2, -0.15) is 13.2 Å². The maximum absolute atomic E-state index is 12.9. The molecule has 0 bridgehead atoms. The predicted octanol–water partition coefficient (Wildman–Crippen LogP) is 4.22. The third-order valence-electron chi connectivity index (χ3n) is 2.94. The number of aliphatic hydroxyl groups is 1. The Morgan fingerprint density at radius 2 is 1.78 bits per heavy atom. The number of benzene rings is 1. The fourth-order valence-electron chi connectivity index (χ4n) is 2.24. The van der Waals surface area contributed by atoms with Crippen LogP contribution in [-0.2, 0) is 6.18 Å². The third-order valence-corrected chi connectivity index (χ3v) is 2.94. The van der Waals surface area contributed by atoms with E-state index < -0.39 is 11.7 Å². The standard InChI is InChI=1S/C14H19F3O/c1-10(2)9-11(7-8-18)12-5-3-4-6-13(12)14(15,16)17/h3-6,10-11,18H,7-9H2,1-2H3. The minimum absolute atomic E-state index is 0.0937. The highest BCUT2D eigenvalue weighted by atomic mass is 19.4. The summed E-state index contributed by atoms with van der Waals surface area (Å²) in [6.45, 7) is 3.85. The molecule has 4 heteroatoms. The van der Waals surface area contributed by atoms with Crippen LogP contribution in [0, 0.1) is 5.92 Å². The van der Waals surface area contributed by atoms with Crippen LogP contribution >= 0.6 is 0 Å². The van der Waals surface area contributed by atoms with Gasteiger partial charge in [-0.05, 0) is 36.3 Å². The summed E-state index contributed by atoms with van der Waals surface area (Å²) in [6, 6.07) is 5.65. The van der Waals surface area contributed by atoms with Crippen molar-refractivity contribution in [2.75, 3.05) is 6.61 Å². The van der Waals surface area contributed by atoms with Gasteiger partial charge < -0.3 is 5.11 Å². The second-order valence-electron chi connectivity index (χ2n) is 4.92. The first-order valence-corrected chi connectivity index (χ1v) is 6.13. The van der Waals surface area contributed by atoms with Crippen molar-refractivity contribution in [3.63, 3.8) is 0 Å². The van der Waals surface area contributed by atoms with Gasteiger partial charge >= 0.3 is 6.18 Å². The molecule has 1 rings (SSSR count). The molecule has 18 heavy (non-hydrogen) atoms. The summed E-state index contributed by atoms with van der Waals surface area (Å²) in [5.74, 6) is 0.0515. The lowest BCUT2D eigenvalue weighted by molar-refractivity contribution is -0.138. The van der Waals surface area contributed by atoms with Gasteiger partial charge in [0.05, 0.1) is 5.56 Å². The molecule has 0 amide bonds. The van der Waals surface area contributed by atoms with Gasteiger partial charge in [0.15, 0.2) is 0 Å². The van der Waals surface area contributed by atoms with Crippen molar-refractivity contribution in [3.8, 4) is 0 Å². The van der Waals surface area contributed by atoms with E-state index in [1.165, 1.54) is 12.1 Å². The molecular formula is C14H19F3O. The summed E-state index contributed by atoms with van der Waals surface area (Å²) in [5.41, 5.74) is -0.281. The van der Waals surface area contributed by atoms with Crippen LogP contribution in [0.4, 0.5) is 13.2 Å². The molecule has 1 N–H and O–H groups in total. The number of hydrogen-bond acceptors (Lipinski definition) is 1. The van der Waals surface area contributed by atoms with Crippen molar-refractivity contribution in [2.24, 2.45) is 5.92 Å². The number of hydrogen-bond donors (Lipinski definition) is 1. The van der Waals surface area contributed by atoms with E-state index >= 15 is 0 Å². The first kappa shape index (κ1) is 15.0. The molecule has 1 aromatic rings. The van der Waals surface area contributed by atoms with Crippen LogP contribution in [0.5, 0.6) is 0 Å². The molecule has 102 valence electrons. The van der Waals surface area contributed by atoms with E-state index in [0.717, 1.165) is 6.07 Å². The van der Waals surface area contributed by atoms with Crippen molar-refractivity contribution < 1.29 is 18.3 Å². The largest absolute Gasteiger partial charge is 0.416 e. The molecule has 0 heterocycles. The summed E-state index contributed by atoms with van der Waals surface area (Å²) in [6.07, 6.45) is -3.32. The van der Waals surface area contributed by atoms with Gasteiger partial charge in [0, 0.05) is 6.61 Å². The zero-order valence-corrected chi connectivity index (χ0v) is 10.7. The minimum Gasteiger partial charge on any atom is -0.396 e. The smallest absolute Gasteiger partial charge is 0.396 e. The molecule has 0 saturated carbocycles. The topological polar surface area (TPSA) is 20.2 Å². The number of rotatable bonds is 5. The van der Waals surface area contributed by atoms with E-state index in [0.29, 0.717) is 24.3 Å². The van der Waals surface area contributed by atoms with Gasteiger partial charge in [-0.3, -0.25) is 0 Å². The molecule has 0 aromatic heterocycles. The Labute approximate surface area is 106 Å². The number of alkyl halides is 3. The first-order valence-electron chi connectivity index (χ1n) is 6.13. The molecule has 0 fully saturated rings. The summed E-state index contributed by atoms with van der Waals surface area (Å²) in [7, 11) is 0. The molecule has 1 nitrogen and oxygen atoms in total. The van der Waals surface area contributed by atoms with Gasteiger partial charge in [0.2, 0.25) is 0 Å². The van der Waals surface area contributed by atoms with Crippen LogP contribution < -0.4 is 0 Å². The Kier molecular flexibility index (Phi) is 5.20. The van der Waals surface area contributed by atoms with E-state index in [1.807, 2.05) is 13.8 Å². The first-order chi connectivity index (χ1) is 8.36. The van der Waals surface area contributed by atoms with Gasteiger partial charge in [-0.25, -0.2) is 0 Å². The maximum atomic E-state index is 12.9. The molecule has 1 atom stereocenters. The average molecular weight is 260 g/mol. The van der Waals surface area contributed by atoms with E-state index in [9.17, 15) is 13.2 Å². The molecule has 1 unspecified atom stereocenters. The Hall–Kier alpha value is -1.03. The zero-order chi connectivity index (χ0) is 13.8. The molecular weight excluding hydrogens is 241 g/mol. The van der Waals surface area contributed by atoms with Crippen LogP contribution in [0.3, 0.4) is 0 Å². The van der Waals surface area contributed by atoms with Crippen LogP contribution in [0.25, 0.3) is 0 Å². The molecule has 0 aliphatic heterocycles. The molecule has 0 aliphatic carbocycles. The van der Waals surface area contributed by atoms with Crippen LogP contribution in [0.15, 0.2) is 24.3 Å². The second-order valence-corrected chi connectivity index (χ2v) is 4.92. The van der Waals surface area contributed by atoms with Crippen molar-refractivity contribution in [3.05, 3.63) is 35.4 Å². The summed E-state index contributed by atoms with van der Waals surface area (Å²) >= 11 is 0. The molecule has 1 aromatic carbocycles. The SMILES string of the molecule is CC(C)CC(CCO)c1ccccc1C(F)(F)F. The Balaban J connectivity index is 3.11. The van der Waals surface area contributed by atoms with Gasteiger partial charge in [-0.15, -0.1) is 0 Å². The van der Waals surface area contributed by atoms with E-state index in [4.69, 9.17) is 5.11 Å². The summed E-state index contributed by atoms with van der Waals surface area (Å²) in [5, 5.41) is 9.02. The highest BCUT2D eigenvalue weighted by Gasteiger charge is 2.34. The zero-order valence-electron chi connectivity index (χ0n) is 10.7. The number of aliphatic hydroxyl groups excluding tert-OH is 1. The molecule has 0 saturated heterocycles. The fraction of sp³-hybridized carbons (Fsp3) is 0.571. The van der Waals surface area contributed by atoms with E-state index in [-0.39, 0.29) is 12.5 Å². The Morgan fingerprint density at radius 1 is 1.17 bits per heavy atom.